The van der Waals surface area contributed by atoms with Gasteiger partial charge in [0.1, 0.15) is 5.76 Å². The molecule has 0 fully saturated rings. The van der Waals surface area contributed by atoms with Crippen molar-refractivity contribution < 1.29 is 9.21 Å². The van der Waals surface area contributed by atoms with Crippen LogP contribution in [0.1, 0.15) is 16.1 Å². The fourth-order valence-corrected chi connectivity index (χ4v) is 2.13. The minimum Gasteiger partial charge on any atom is -0.440 e. The zero-order valence-corrected chi connectivity index (χ0v) is 12.3. The highest BCUT2D eigenvalue weighted by atomic mass is 16.4. The van der Waals surface area contributed by atoms with Crippen LogP contribution in [0.15, 0.2) is 52.1 Å². The van der Waals surface area contributed by atoms with Crippen LogP contribution in [-0.4, -0.2) is 31.2 Å². The number of para-hydroxylation sites is 1. The second kappa shape index (κ2) is 5.77. The zero-order valence-electron chi connectivity index (χ0n) is 12.3. The number of H-pyrrole nitrogens is 1. The molecule has 2 N–H and O–H groups in total. The third kappa shape index (κ3) is 2.71. The van der Waals surface area contributed by atoms with Gasteiger partial charge in [-0.15, -0.1) is 0 Å². The van der Waals surface area contributed by atoms with E-state index in [0.29, 0.717) is 11.3 Å². The monoisotopic (exact) mass is 296 g/mol. The summed E-state index contributed by atoms with van der Waals surface area (Å²) in [7, 11) is 3.77. The summed E-state index contributed by atoms with van der Waals surface area (Å²) in [6, 6.07) is 11.2. The Hall–Kier alpha value is -3.02. The van der Waals surface area contributed by atoms with E-state index in [-0.39, 0.29) is 5.91 Å². The van der Waals surface area contributed by atoms with Gasteiger partial charge in [0.15, 0.2) is 5.88 Å². The van der Waals surface area contributed by atoms with Crippen LogP contribution in [0.25, 0.3) is 10.9 Å². The number of fused-ring (bicyclic) bond motifs is 1. The van der Waals surface area contributed by atoms with Crippen LogP contribution in [0.2, 0.25) is 0 Å². The van der Waals surface area contributed by atoms with Crippen molar-refractivity contribution in [1.29, 1.82) is 0 Å². The lowest BCUT2D eigenvalue weighted by atomic mass is 10.2. The number of benzene rings is 1. The number of aromatic nitrogens is 1. The number of aromatic amines is 1. The molecule has 0 spiro atoms. The highest BCUT2D eigenvalue weighted by molar-refractivity contribution is 6.06. The van der Waals surface area contributed by atoms with Crippen LogP contribution in [-0.2, 0) is 0 Å². The Morgan fingerprint density at radius 2 is 2.09 bits per heavy atom. The Bertz CT molecular complexity index is 829. The highest BCUT2D eigenvalue weighted by Crippen LogP contribution is 2.17. The van der Waals surface area contributed by atoms with Crippen LogP contribution in [0, 0.1) is 0 Å². The molecule has 0 unspecified atom stereocenters. The molecule has 22 heavy (non-hydrogen) atoms. The number of hydrazone groups is 1. The van der Waals surface area contributed by atoms with Gasteiger partial charge < -0.3 is 14.3 Å². The van der Waals surface area contributed by atoms with Crippen molar-refractivity contribution in [3.63, 3.8) is 0 Å². The van der Waals surface area contributed by atoms with E-state index in [1.807, 2.05) is 49.3 Å². The van der Waals surface area contributed by atoms with Crippen molar-refractivity contribution >= 4 is 28.9 Å². The van der Waals surface area contributed by atoms with E-state index in [2.05, 4.69) is 15.5 Å². The Kier molecular flexibility index (Phi) is 3.65. The molecule has 3 aromatic rings. The number of hydrogen-bond donors (Lipinski definition) is 2. The van der Waals surface area contributed by atoms with Crippen LogP contribution in [0.5, 0.6) is 0 Å². The predicted octanol–water partition coefficient (Wildman–Crippen LogP) is 2.59. The third-order valence-electron chi connectivity index (χ3n) is 3.25. The van der Waals surface area contributed by atoms with Gasteiger partial charge in [-0.2, -0.15) is 5.10 Å². The lowest BCUT2D eigenvalue weighted by Gasteiger charge is -2.05. The number of carbonyl (C=O) groups is 1. The van der Waals surface area contributed by atoms with Crippen molar-refractivity contribution in [1.82, 2.24) is 10.4 Å². The number of amides is 1. The van der Waals surface area contributed by atoms with Crippen LogP contribution >= 0.6 is 0 Å². The largest absolute Gasteiger partial charge is 0.440 e. The predicted molar refractivity (Wildman–Crippen MR) is 86.4 cm³/mol. The minimum atomic E-state index is -0.270. The molecular weight excluding hydrogens is 280 g/mol. The van der Waals surface area contributed by atoms with Crippen LogP contribution < -0.4 is 10.3 Å². The fraction of sp³-hybridized carbons (Fsp3) is 0.125. The average Bonchev–Trinajstić information content (AvgIpc) is 3.13. The van der Waals surface area contributed by atoms with Crippen molar-refractivity contribution in [2.45, 2.75) is 0 Å². The quantitative estimate of drug-likeness (QED) is 0.574. The Morgan fingerprint density at radius 1 is 1.27 bits per heavy atom. The Labute approximate surface area is 127 Å². The molecule has 0 bridgehead atoms. The summed E-state index contributed by atoms with van der Waals surface area (Å²) in [6.07, 6.45) is 3.15. The molecule has 6 nitrogen and oxygen atoms in total. The Morgan fingerprint density at radius 3 is 2.86 bits per heavy atom. The summed E-state index contributed by atoms with van der Waals surface area (Å²) in [5.41, 5.74) is 3.97. The van der Waals surface area contributed by atoms with Gasteiger partial charge in [0.25, 0.3) is 5.91 Å². The number of anilines is 1. The molecule has 1 aromatic carbocycles. The van der Waals surface area contributed by atoms with Gasteiger partial charge in [-0.25, -0.2) is 5.43 Å². The smallest absolute Gasteiger partial charge is 0.273 e. The molecule has 0 radical (unpaired) electrons. The van der Waals surface area contributed by atoms with Gasteiger partial charge in [-0.3, -0.25) is 4.79 Å². The van der Waals surface area contributed by atoms with Gasteiger partial charge in [0, 0.05) is 37.3 Å². The first kappa shape index (κ1) is 13.9. The maximum absolute atomic E-state index is 12.1. The molecular formula is C16H16N4O2. The second-order valence-corrected chi connectivity index (χ2v) is 5.02. The van der Waals surface area contributed by atoms with Crippen molar-refractivity contribution in [3.05, 3.63) is 53.9 Å². The number of carbonyl (C=O) groups excluding carboxylic acids is 1. The van der Waals surface area contributed by atoms with E-state index < -0.39 is 0 Å². The van der Waals surface area contributed by atoms with E-state index in [1.54, 1.807) is 12.3 Å². The molecule has 0 saturated carbocycles. The molecule has 0 aliphatic rings. The van der Waals surface area contributed by atoms with Gasteiger partial charge in [-0.1, -0.05) is 18.2 Å². The number of furan rings is 1. The zero-order chi connectivity index (χ0) is 15.5. The molecule has 0 atom stereocenters. The van der Waals surface area contributed by atoms with Crippen molar-refractivity contribution in [2.75, 3.05) is 19.0 Å². The van der Waals surface area contributed by atoms with E-state index in [0.717, 1.165) is 16.8 Å². The fourth-order valence-electron chi connectivity index (χ4n) is 2.13. The first-order valence-corrected chi connectivity index (χ1v) is 6.82. The van der Waals surface area contributed by atoms with E-state index in [1.165, 1.54) is 6.21 Å². The molecule has 1 amide bonds. The van der Waals surface area contributed by atoms with Gasteiger partial charge in [0.2, 0.25) is 0 Å². The summed E-state index contributed by atoms with van der Waals surface area (Å²) in [6.45, 7) is 0. The number of nitrogens with zero attached hydrogens (tertiary/aromatic N) is 2. The number of nitrogens with one attached hydrogen (secondary N) is 2. The molecule has 0 saturated heterocycles. The summed E-state index contributed by atoms with van der Waals surface area (Å²) in [5, 5.41) is 4.79. The normalized spacial score (nSPS) is 11.2. The summed E-state index contributed by atoms with van der Waals surface area (Å²) in [5.74, 6) is 1.03. The standard InChI is InChI=1S/C16H16N4O2/c1-20(2)15-8-7-11(22-15)9-18-19-16(21)13-10-17-14-6-4-3-5-12(13)14/h3-10,17H,1-2H3,(H,19,21)/b18-9+. The summed E-state index contributed by atoms with van der Waals surface area (Å²) < 4.78 is 5.51. The summed E-state index contributed by atoms with van der Waals surface area (Å²) in [4.78, 5) is 17.0. The molecule has 3 rings (SSSR count). The van der Waals surface area contributed by atoms with Crippen molar-refractivity contribution in [3.8, 4) is 0 Å². The van der Waals surface area contributed by atoms with Gasteiger partial charge in [0.05, 0.1) is 11.8 Å². The summed E-state index contributed by atoms with van der Waals surface area (Å²) >= 11 is 0. The van der Waals surface area contributed by atoms with Gasteiger partial charge in [-0.05, 0) is 12.1 Å². The highest BCUT2D eigenvalue weighted by Gasteiger charge is 2.10. The maximum Gasteiger partial charge on any atom is 0.273 e. The van der Waals surface area contributed by atoms with E-state index in [4.69, 9.17) is 4.42 Å². The van der Waals surface area contributed by atoms with Crippen LogP contribution in [0.4, 0.5) is 5.88 Å². The van der Waals surface area contributed by atoms with Crippen molar-refractivity contribution in [2.24, 2.45) is 5.10 Å². The molecule has 2 aromatic heterocycles. The molecule has 0 aliphatic carbocycles. The maximum atomic E-state index is 12.1. The first-order valence-electron chi connectivity index (χ1n) is 6.82. The topological polar surface area (TPSA) is 73.6 Å². The molecule has 112 valence electrons. The lowest BCUT2D eigenvalue weighted by Crippen LogP contribution is -2.17. The third-order valence-corrected chi connectivity index (χ3v) is 3.25. The van der Waals surface area contributed by atoms with E-state index >= 15 is 0 Å². The first-order chi connectivity index (χ1) is 10.6. The average molecular weight is 296 g/mol. The Balaban J connectivity index is 1.70. The molecule has 6 heteroatoms. The number of rotatable bonds is 4. The number of hydrogen-bond acceptors (Lipinski definition) is 4. The SMILES string of the molecule is CN(C)c1ccc(/C=N/NC(=O)c2c[nH]c3ccccc23)o1. The lowest BCUT2D eigenvalue weighted by molar-refractivity contribution is 0.0957. The molecule has 2 heterocycles. The van der Waals surface area contributed by atoms with Crippen LogP contribution in [0.3, 0.4) is 0 Å². The minimum absolute atomic E-state index is 0.270. The van der Waals surface area contributed by atoms with E-state index in [9.17, 15) is 4.79 Å². The second-order valence-electron chi connectivity index (χ2n) is 5.02. The van der Waals surface area contributed by atoms with Gasteiger partial charge >= 0.3 is 0 Å². The molecule has 0 aliphatic heterocycles.